The van der Waals surface area contributed by atoms with Gasteiger partial charge in [-0.2, -0.15) is 0 Å². The van der Waals surface area contributed by atoms with Crippen molar-refractivity contribution in [3.63, 3.8) is 0 Å². The molecule has 1 heterocycles. The topological polar surface area (TPSA) is 15.3 Å². The fraction of sp³-hybridized carbons (Fsp3) is 1.00. The quantitative estimate of drug-likeness (QED) is 0.835. The summed E-state index contributed by atoms with van der Waals surface area (Å²) < 4.78 is 0. The maximum absolute atomic E-state index is 3.94. The molecule has 1 aliphatic heterocycles. The molecule has 1 unspecified atom stereocenters. The molecule has 2 saturated carbocycles. The third-order valence-electron chi connectivity index (χ3n) is 5.57. The zero-order valence-electron chi connectivity index (χ0n) is 12.6. The van der Waals surface area contributed by atoms with Crippen LogP contribution in [-0.2, 0) is 0 Å². The lowest BCUT2D eigenvalue weighted by Crippen LogP contribution is -2.49. The van der Waals surface area contributed by atoms with Crippen LogP contribution in [0.25, 0.3) is 0 Å². The number of hydrogen-bond acceptors (Lipinski definition) is 2. The lowest BCUT2D eigenvalue weighted by atomic mass is 9.88. The number of rotatable bonds is 4. The van der Waals surface area contributed by atoms with Crippen LogP contribution in [0.1, 0.15) is 70.6 Å². The Morgan fingerprint density at radius 2 is 1.42 bits per heavy atom. The summed E-state index contributed by atoms with van der Waals surface area (Å²) in [5, 5.41) is 3.94. The molecule has 3 rings (SSSR count). The van der Waals surface area contributed by atoms with Gasteiger partial charge < -0.3 is 10.2 Å². The Balaban J connectivity index is 1.41. The van der Waals surface area contributed by atoms with Crippen molar-refractivity contribution in [1.29, 1.82) is 0 Å². The van der Waals surface area contributed by atoms with E-state index in [1.165, 1.54) is 90.3 Å². The van der Waals surface area contributed by atoms with E-state index in [1.807, 2.05) is 0 Å². The maximum Gasteiger partial charge on any atom is 0.0198 e. The number of likely N-dealkylation sites (tertiary alicyclic amines) is 1. The van der Waals surface area contributed by atoms with E-state index in [2.05, 4.69) is 10.2 Å². The Hall–Kier alpha value is -0.0800. The van der Waals surface area contributed by atoms with E-state index < -0.39 is 0 Å². The second-order valence-corrected chi connectivity index (χ2v) is 7.25. The van der Waals surface area contributed by atoms with Crippen LogP contribution in [0.3, 0.4) is 0 Å². The molecule has 1 saturated heterocycles. The van der Waals surface area contributed by atoms with Crippen molar-refractivity contribution in [2.75, 3.05) is 19.6 Å². The minimum Gasteiger partial charge on any atom is -0.310 e. The van der Waals surface area contributed by atoms with Crippen molar-refractivity contribution in [2.24, 2.45) is 5.92 Å². The summed E-state index contributed by atoms with van der Waals surface area (Å²) in [6.45, 7) is 4.08. The van der Waals surface area contributed by atoms with Gasteiger partial charge in [-0.15, -0.1) is 0 Å². The van der Waals surface area contributed by atoms with E-state index >= 15 is 0 Å². The van der Waals surface area contributed by atoms with Gasteiger partial charge in [-0.05, 0) is 51.0 Å². The predicted octanol–water partition coefficient (Wildman–Crippen LogP) is 3.56. The molecule has 0 aromatic carbocycles. The van der Waals surface area contributed by atoms with E-state index in [-0.39, 0.29) is 0 Å². The summed E-state index contributed by atoms with van der Waals surface area (Å²) in [5.41, 5.74) is 0. The molecule has 110 valence electrons. The molecule has 1 atom stereocenters. The number of piperidine rings is 1. The molecule has 0 amide bonds. The average molecular weight is 264 g/mol. The molecule has 2 nitrogen and oxygen atoms in total. The highest BCUT2D eigenvalue weighted by molar-refractivity contribution is 4.84. The Bertz CT molecular complexity index is 254. The third kappa shape index (κ3) is 4.19. The fourth-order valence-electron chi connectivity index (χ4n) is 4.52. The van der Waals surface area contributed by atoms with Gasteiger partial charge in [-0.1, -0.05) is 32.1 Å². The first-order valence-electron chi connectivity index (χ1n) is 8.88. The van der Waals surface area contributed by atoms with E-state index in [0.717, 1.165) is 18.0 Å². The molecule has 0 aromatic heterocycles. The Labute approximate surface area is 119 Å². The second-order valence-electron chi connectivity index (χ2n) is 7.25. The van der Waals surface area contributed by atoms with Crippen LogP contribution in [-0.4, -0.2) is 36.6 Å². The summed E-state index contributed by atoms with van der Waals surface area (Å²) >= 11 is 0. The largest absolute Gasteiger partial charge is 0.310 e. The van der Waals surface area contributed by atoms with Crippen molar-refractivity contribution in [3.05, 3.63) is 0 Å². The van der Waals surface area contributed by atoms with Crippen LogP contribution in [0.2, 0.25) is 0 Å². The second kappa shape index (κ2) is 7.08. The monoisotopic (exact) mass is 264 g/mol. The SMILES string of the molecule is C1CCC(CN2CCCC(NC3CCCC3)C2)CC1. The van der Waals surface area contributed by atoms with Crippen LogP contribution in [0.5, 0.6) is 0 Å². The van der Waals surface area contributed by atoms with Crippen LogP contribution in [0, 0.1) is 5.92 Å². The molecular weight excluding hydrogens is 232 g/mol. The standard InChI is InChI=1S/C17H32N2/c1-2-7-15(8-3-1)13-19-12-6-11-17(14-19)18-16-9-4-5-10-16/h15-18H,1-14H2. The molecule has 2 heteroatoms. The number of nitrogens with zero attached hydrogens (tertiary/aromatic N) is 1. The fourth-order valence-corrected chi connectivity index (χ4v) is 4.52. The van der Waals surface area contributed by atoms with Crippen LogP contribution >= 0.6 is 0 Å². The van der Waals surface area contributed by atoms with Gasteiger partial charge in [0, 0.05) is 25.2 Å². The van der Waals surface area contributed by atoms with Gasteiger partial charge in [-0.25, -0.2) is 0 Å². The van der Waals surface area contributed by atoms with Gasteiger partial charge in [0.2, 0.25) is 0 Å². The van der Waals surface area contributed by atoms with Crippen molar-refractivity contribution in [1.82, 2.24) is 10.2 Å². The molecule has 2 aliphatic carbocycles. The van der Waals surface area contributed by atoms with E-state index in [1.54, 1.807) is 0 Å². The van der Waals surface area contributed by atoms with Crippen molar-refractivity contribution >= 4 is 0 Å². The van der Waals surface area contributed by atoms with Crippen molar-refractivity contribution in [2.45, 2.75) is 82.7 Å². The van der Waals surface area contributed by atoms with Crippen LogP contribution in [0.15, 0.2) is 0 Å². The van der Waals surface area contributed by atoms with Gasteiger partial charge in [0.05, 0.1) is 0 Å². The van der Waals surface area contributed by atoms with Gasteiger partial charge in [0.15, 0.2) is 0 Å². The molecule has 19 heavy (non-hydrogen) atoms. The van der Waals surface area contributed by atoms with Gasteiger partial charge in [0.25, 0.3) is 0 Å². The Kier molecular flexibility index (Phi) is 5.17. The molecule has 0 bridgehead atoms. The highest BCUT2D eigenvalue weighted by Gasteiger charge is 2.25. The summed E-state index contributed by atoms with van der Waals surface area (Å²) in [4.78, 5) is 2.77. The number of nitrogens with one attached hydrogen (secondary N) is 1. The summed E-state index contributed by atoms with van der Waals surface area (Å²) in [7, 11) is 0. The molecule has 1 N–H and O–H groups in total. The van der Waals surface area contributed by atoms with Crippen molar-refractivity contribution < 1.29 is 0 Å². The summed E-state index contributed by atoms with van der Waals surface area (Å²) in [6, 6.07) is 1.64. The average Bonchev–Trinajstić information content (AvgIpc) is 2.93. The van der Waals surface area contributed by atoms with Crippen molar-refractivity contribution in [3.8, 4) is 0 Å². The molecule has 0 radical (unpaired) electrons. The van der Waals surface area contributed by atoms with E-state index in [0.29, 0.717) is 0 Å². The van der Waals surface area contributed by atoms with E-state index in [9.17, 15) is 0 Å². The minimum atomic E-state index is 0.792. The Morgan fingerprint density at radius 1 is 0.737 bits per heavy atom. The summed E-state index contributed by atoms with van der Waals surface area (Å²) in [5.74, 6) is 1.01. The maximum atomic E-state index is 3.94. The van der Waals surface area contributed by atoms with Crippen LogP contribution < -0.4 is 5.32 Å². The highest BCUT2D eigenvalue weighted by Crippen LogP contribution is 2.26. The first-order chi connectivity index (χ1) is 9.40. The van der Waals surface area contributed by atoms with Gasteiger partial charge >= 0.3 is 0 Å². The van der Waals surface area contributed by atoms with Crippen LogP contribution in [0.4, 0.5) is 0 Å². The molecule has 0 spiro atoms. The molecule has 0 aromatic rings. The zero-order chi connectivity index (χ0) is 12.9. The molecular formula is C17H32N2. The zero-order valence-corrected chi connectivity index (χ0v) is 12.6. The van der Waals surface area contributed by atoms with Gasteiger partial charge in [-0.3, -0.25) is 0 Å². The first-order valence-corrected chi connectivity index (χ1v) is 8.88. The third-order valence-corrected chi connectivity index (χ3v) is 5.57. The minimum absolute atomic E-state index is 0.792. The predicted molar refractivity (Wildman–Crippen MR) is 81.4 cm³/mol. The Morgan fingerprint density at radius 3 is 2.21 bits per heavy atom. The lowest BCUT2D eigenvalue weighted by Gasteiger charge is -2.37. The highest BCUT2D eigenvalue weighted by atomic mass is 15.2. The van der Waals surface area contributed by atoms with E-state index in [4.69, 9.17) is 0 Å². The molecule has 3 fully saturated rings. The summed E-state index contributed by atoms with van der Waals surface area (Å²) in [6.07, 6.45) is 16.1. The lowest BCUT2D eigenvalue weighted by molar-refractivity contribution is 0.145. The smallest absolute Gasteiger partial charge is 0.0198 e. The normalized spacial score (nSPS) is 31.9. The first kappa shape index (κ1) is 13.9. The van der Waals surface area contributed by atoms with Gasteiger partial charge in [0.1, 0.15) is 0 Å². The molecule has 3 aliphatic rings. The number of hydrogen-bond donors (Lipinski definition) is 1.